The van der Waals surface area contributed by atoms with E-state index in [1.165, 1.54) is 44.8 Å². The molecule has 3 aromatic rings. The highest BCUT2D eigenvalue weighted by molar-refractivity contribution is 7.32. The van der Waals surface area contributed by atoms with Crippen LogP contribution < -0.4 is 13.9 Å². The van der Waals surface area contributed by atoms with Crippen molar-refractivity contribution in [2.45, 2.75) is 137 Å². The van der Waals surface area contributed by atoms with Gasteiger partial charge in [0, 0.05) is 34.5 Å². The number of anilines is 3. The predicted molar refractivity (Wildman–Crippen MR) is 216 cm³/mol. The zero-order chi connectivity index (χ0) is 34.7. The van der Waals surface area contributed by atoms with Gasteiger partial charge in [-0.25, -0.2) is 0 Å². The number of fused-ring (bicyclic) bond motifs is 3. The van der Waals surface area contributed by atoms with E-state index in [0.717, 1.165) is 0 Å². The van der Waals surface area contributed by atoms with Gasteiger partial charge < -0.3 is 13.9 Å². The van der Waals surface area contributed by atoms with Gasteiger partial charge in [-0.05, 0) is 63.0 Å². The average Bonchev–Trinajstić information content (AvgIpc) is 3.41. The van der Waals surface area contributed by atoms with Crippen LogP contribution in [0.15, 0.2) is 67.0 Å². The molecular weight excluding hydrogens is 601 g/mol. The minimum Gasteiger partial charge on any atom is -0.427 e. The Balaban J connectivity index is 1.92. The van der Waals surface area contributed by atoms with Crippen LogP contribution in [0.25, 0.3) is 0 Å². The van der Waals surface area contributed by atoms with Gasteiger partial charge in [-0.2, -0.15) is 0 Å². The number of hydrogen-bond donors (Lipinski definition) is 0. The SMILES string of the molecule is CC(C)c1cccc(C(C)C)c1N1C=CN2B1[Si@@H](N(c1c(C(C)C)cccc1C(C)C)[Si](C)(C)C)C(C)(C)c1cccc(C(C)C)c12. The molecule has 0 unspecified atom stereocenters. The Morgan fingerprint density at radius 1 is 0.574 bits per heavy atom. The van der Waals surface area contributed by atoms with Crippen molar-refractivity contribution in [1.82, 2.24) is 0 Å². The van der Waals surface area contributed by atoms with Crippen molar-refractivity contribution in [1.29, 1.82) is 0 Å². The van der Waals surface area contributed by atoms with Crippen LogP contribution in [0.2, 0.25) is 19.6 Å². The molecule has 0 bridgehead atoms. The molecule has 1 atom stereocenters. The maximum atomic E-state index is 3.15. The molecule has 5 rings (SSSR count). The monoisotopic (exact) mass is 663 g/mol. The zero-order valence-corrected chi connectivity index (χ0v) is 34.4. The second-order valence-corrected chi connectivity index (χ2v) is 26.1. The third-order valence-electron chi connectivity index (χ3n) is 10.8. The highest BCUT2D eigenvalue weighted by atomic mass is 28.4. The molecular formula is C41H62BN3Si2. The fourth-order valence-electron chi connectivity index (χ4n) is 8.49. The Morgan fingerprint density at radius 2 is 0.936 bits per heavy atom. The molecule has 3 nitrogen and oxygen atoms in total. The lowest BCUT2D eigenvalue weighted by Gasteiger charge is -2.57. The number of hydrogen-bond acceptors (Lipinski definition) is 3. The van der Waals surface area contributed by atoms with Crippen LogP contribution in [-0.2, 0) is 5.04 Å². The Bertz CT molecular complexity index is 1580. The van der Waals surface area contributed by atoms with Crippen molar-refractivity contribution >= 4 is 40.7 Å². The summed E-state index contributed by atoms with van der Waals surface area (Å²) in [5.74, 6) is 2.21. The molecule has 47 heavy (non-hydrogen) atoms. The van der Waals surface area contributed by atoms with Crippen LogP contribution in [0.3, 0.4) is 0 Å². The molecule has 0 amide bonds. The van der Waals surface area contributed by atoms with E-state index in [1.54, 1.807) is 5.69 Å². The van der Waals surface area contributed by atoms with Gasteiger partial charge in [0.2, 0.25) is 0 Å². The first-order chi connectivity index (χ1) is 21.9. The second-order valence-electron chi connectivity index (χ2n) is 17.3. The fraction of sp³-hybridized carbons (Fsp3) is 0.512. The molecule has 0 radical (unpaired) electrons. The molecule has 252 valence electrons. The van der Waals surface area contributed by atoms with Gasteiger partial charge in [0.05, 0.1) is 0 Å². The van der Waals surface area contributed by atoms with Crippen molar-refractivity contribution in [3.8, 4) is 0 Å². The van der Waals surface area contributed by atoms with E-state index in [0.29, 0.717) is 29.6 Å². The fourth-order valence-corrected chi connectivity index (χ4v) is 18.0. The maximum absolute atomic E-state index is 3.15. The van der Waals surface area contributed by atoms with E-state index in [1.807, 2.05) is 0 Å². The summed E-state index contributed by atoms with van der Waals surface area (Å²) in [5.41, 5.74) is 13.4. The van der Waals surface area contributed by atoms with Crippen molar-refractivity contribution in [2.24, 2.45) is 0 Å². The first-order valence-corrected chi connectivity index (χ1v) is 23.5. The van der Waals surface area contributed by atoms with Crippen molar-refractivity contribution < 1.29 is 0 Å². The van der Waals surface area contributed by atoms with Crippen LogP contribution in [-0.4, -0.2) is 23.6 Å². The lowest BCUT2D eigenvalue weighted by molar-refractivity contribution is 0.726. The van der Waals surface area contributed by atoms with E-state index < -0.39 is 17.1 Å². The summed E-state index contributed by atoms with van der Waals surface area (Å²) in [7, 11) is -3.95. The van der Waals surface area contributed by atoms with Gasteiger partial charge in [0.25, 0.3) is 0 Å². The normalized spacial score (nSPS) is 17.5. The number of para-hydroxylation sites is 3. The van der Waals surface area contributed by atoms with Gasteiger partial charge in [0.1, 0.15) is 8.24 Å². The van der Waals surface area contributed by atoms with E-state index in [2.05, 4.69) is 184 Å². The molecule has 6 heteroatoms. The molecule has 0 fully saturated rings. The molecule has 2 aliphatic heterocycles. The lowest BCUT2D eigenvalue weighted by Crippen LogP contribution is -2.77. The van der Waals surface area contributed by atoms with Gasteiger partial charge in [0.15, 0.2) is 8.83 Å². The highest BCUT2D eigenvalue weighted by Gasteiger charge is 2.60. The van der Waals surface area contributed by atoms with E-state index >= 15 is 0 Å². The summed E-state index contributed by atoms with van der Waals surface area (Å²) in [6, 6.07) is 21.4. The first kappa shape index (κ1) is 35.6. The summed E-state index contributed by atoms with van der Waals surface area (Å²) in [5, 5.41) is -0.00490. The van der Waals surface area contributed by atoms with Gasteiger partial charge in [-0.3, -0.25) is 0 Å². The van der Waals surface area contributed by atoms with Crippen LogP contribution in [0.5, 0.6) is 0 Å². The van der Waals surface area contributed by atoms with Gasteiger partial charge >= 0.3 is 6.57 Å². The number of nitrogens with zero attached hydrogens (tertiary/aromatic N) is 3. The van der Waals surface area contributed by atoms with E-state index in [9.17, 15) is 0 Å². The van der Waals surface area contributed by atoms with Crippen LogP contribution in [0.1, 0.15) is 146 Å². The first-order valence-electron chi connectivity index (χ1n) is 18.3. The van der Waals surface area contributed by atoms with Crippen molar-refractivity contribution in [3.05, 3.63) is 100 Å². The molecule has 0 N–H and O–H groups in total. The molecule has 0 saturated carbocycles. The third kappa shape index (κ3) is 6.07. The van der Waals surface area contributed by atoms with E-state index in [-0.39, 0.29) is 11.6 Å². The van der Waals surface area contributed by atoms with Crippen molar-refractivity contribution in [3.63, 3.8) is 0 Å². The Labute approximate surface area is 291 Å². The van der Waals surface area contributed by atoms with Crippen LogP contribution in [0.4, 0.5) is 17.1 Å². The largest absolute Gasteiger partial charge is 0.427 e. The topological polar surface area (TPSA) is 9.72 Å². The average molecular weight is 664 g/mol. The Kier molecular flexibility index (Phi) is 9.82. The second kappa shape index (κ2) is 13.0. The Hall–Kier alpha value is -2.70. The lowest BCUT2D eigenvalue weighted by atomic mass is 9.85. The van der Waals surface area contributed by atoms with Crippen LogP contribution >= 0.6 is 0 Å². The number of benzene rings is 3. The summed E-state index contributed by atoms with van der Waals surface area (Å²) in [6.07, 6.45) is 4.91. The number of rotatable bonds is 9. The molecule has 2 aliphatic rings. The minimum atomic E-state index is -1.99. The summed E-state index contributed by atoms with van der Waals surface area (Å²) in [4.78, 5) is 5.51. The zero-order valence-electron chi connectivity index (χ0n) is 32.2. The highest BCUT2D eigenvalue weighted by Crippen LogP contribution is 2.52. The standard InChI is InChI=1S/C41H62BN3Si2/c1-27(2)32-19-16-20-33(28(3)4)38(32)43-25-26-44-40-36(31(9)10)23-18-24-37(40)41(11,12)46(42(43)44)45(47(13,14)15)39-34(29(5)6)21-17-22-35(39)30(7)8/h16-31,46H,1-15H3/t46-/m0/s1. The van der Waals surface area contributed by atoms with Crippen LogP contribution in [0, 0.1) is 0 Å². The molecule has 0 spiro atoms. The maximum Gasteiger partial charge on any atom is 0.386 e. The molecule has 0 aliphatic carbocycles. The summed E-state index contributed by atoms with van der Waals surface area (Å²) < 4.78 is 3.15. The quantitative estimate of drug-likeness (QED) is 0.211. The van der Waals surface area contributed by atoms with Gasteiger partial charge in [-0.15, -0.1) is 0 Å². The summed E-state index contributed by atoms with van der Waals surface area (Å²) >= 11 is 0. The third-order valence-corrected chi connectivity index (χ3v) is 19.4. The smallest absolute Gasteiger partial charge is 0.386 e. The molecule has 3 aromatic carbocycles. The Morgan fingerprint density at radius 3 is 1.34 bits per heavy atom. The molecule has 0 saturated heterocycles. The summed E-state index contributed by atoms with van der Waals surface area (Å²) in [6.45, 7) is 37.1. The van der Waals surface area contributed by atoms with Gasteiger partial charge in [-0.1, -0.05) is 157 Å². The molecule has 0 aromatic heterocycles. The van der Waals surface area contributed by atoms with E-state index in [4.69, 9.17) is 0 Å². The predicted octanol–water partition coefficient (Wildman–Crippen LogP) is 11.6. The molecule has 2 heterocycles. The van der Waals surface area contributed by atoms with Crippen molar-refractivity contribution in [2.75, 3.05) is 13.9 Å². The minimum absolute atomic E-state index is 0.00490.